The average molecular weight is 240 g/mol. The van der Waals surface area contributed by atoms with E-state index in [1.54, 1.807) is 0 Å². The van der Waals surface area contributed by atoms with Crippen LogP contribution in [0.3, 0.4) is 0 Å². The number of carboxylic acid groups (broad SMARTS) is 1. The molecular formula is C15H14NO2-. The highest BCUT2D eigenvalue weighted by Gasteiger charge is 2.21. The second-order valence-electron chi connectivity index (χ2n) is 5.06. The van der Waals surface area contributed by atoms with E-state index >= 15 is 0 Å². The van der Waals surface area contributed by atoms with Crippen molar-refractivity contribution in [2.75, 3.05) is 0 Å². The highest BCUT2D eigenvalue weighted by atomic mass is 16.4. The number of hydrogen-bond acceptors (Lipinski definition) is 3. The molecule has 1 aliphatic carbocycles. The molecule has 0 bridgehead atoms. The molecule has 0 fully saturated rings. The van der Waals surface area contributed by atoms with Crippen LogP contribution in [-0.4, -0.2) is 11.0 Å². The van der Waals surface area contributed by atoms with E-state index in [9.17, 15) is 9.90 Å². The molecule has 0 aliphatic heterocycles. The Morgan fingerprint density at radius 2 is 2.17 bits per heavy atom. The summed E-state index contributed by atoms with van der Waals surface area (Å²) in [6.45, 7) is 2.15. The number of carboxylic acids is 1. The Hall–Kier alpha value is -1.90. The Morgan fingerprint density at radius 3 is 2.94 bits per heavy atom. The van der Waals surface area contributed by atoms with Crippen LogP contribution < -0.4 is 5.11 Å². The number of hydrogen-bond donors (Lipinski definition) is 0. The summed E-state index contributed by atoms with van der Waals surface area (Å²) in [4.78, 5) is 16.1. The Kier molecular flexibility index (Phi) is 2.54. The van der Waals surface area contributed by atoms with Gasteiger partial charge in [-0.1, -0.05) is 25.1 Å². The quantitative estimate of drug-likeness (QED) is 0.762. The molecule has 18 heavy (non-hydrogen) atoms. The molecular weight excluding hydrogens is 226 g/mol. The van der Waals surface area contributed by atoms with Crippen molar-refractivity contribution in [1.29, 1.82) is 0 Å². The second-order valence-corrected chi connectivity index (χ2v) is 5.06. The highest BCUT2D eigenvalue weighted by Crippen LogP contribution is 2.30. The Balaban J connectivity index is 2.36. The summed E-state index contributed by atoms with van der Waals surface area (Å²) in [6, 6.07) is 7.40. The van der Waals surface area contributed by atoms with E-state index in [4.69, 9.17) is 0 Å². The molecule has 1 aliphatic rings. The van der Waals surface area contributed by atoms with Gasteiger partial charge in [0.15, 0.2) is 0 Å². The van der Waals surface area contributed by atoms with Crippen LogP contribution in [0.2, 0.25) is 0 Å². The van der Waals surface area contributed by atoms with Gasteiger partial charge in [0.05, 0.1) is 11.5 Å². The summed E-state index contributed by atoms with van der Waals surface area (Å²) < 4.78 is 0. The van der Waals surface area contributed by atoms with Gasteiger partial charge in [0.1, 0.15) is 0 Å². The highest BCUT2D eigenvalue weighted by molar-refractivity contribution is 6.03. The minimum Gasteiger partial charge on any atom is -0.545 e. The van der Waals surface area contributed by atoms with Gasteiger partial charge in [0.2, 0.25) is 0 Å². The zero-order chi connectivity index (χ0) is 12.7. The monoisotopic (exact) mass is 240 g/mol. The Bertz CT molecular complexity index is 634. The van der Waals surface area contributed by atoms with Crippen molar-refractivity contribution >= 4 is 16.9 Å². The summed E-state index contributed by atoms with van der Waals surface area (Å²) in [5, 5.41) is 12.2. The number of pyridine rings is 1. The normalized spacial score (nSPS) is 18.6. The third-order valence-electron chi connectivity index (χ3n) is 3.71. The minimum absolute atomic E-state index is 0.349. The first kappa shape index (κ1) is 11.2. The van der Waals surface area contributed by atoms with E-state index in [1.165, 1.54) is 0 Å². The van der Waals surface area contributed by atoms with Crippen molar-refractivity contribution in [3.05, 3.63) is 41.1 Å². The number of aryl methyl sites for hydroxylation is 1. The van der Waals surface area contributed by atoms with Crippen LogP contribution in [0.1, 0.15) is 35.0 Å². The number of rotatable bonds is 1. The van der Waals surface area contributed by atoms with E-state index in [0.29, 0.717) is 16.9 Å². The number of benzene rings is 1. The molecule has 92 valence electrons. The molecule has 1 heterocycles. The zero-order valence-electron chi connectivity index (χ0n) is 10.3. The molecule has 0 amide bonds. The molecule has 1 aromatic carbocycles. The standard InChI is InChI=1S/C15H15NO2/c1-9-6-7-13-11(8-9)14(15(17)18)10-4-2-3-5-12(10)16-13/h2-5,9H,6-8H2,1H3,(H,17,18)/p-1/t9-/m1/s1. The maximum Gasteiger partial charge on any atom is 0.0725 e. The number of aromatic nitrogens is 1. The molecule has 3 heteroatoms. The van der Waals surface area contributed by atoms with Crippen LogP contribution in [0.15, 0.2) is 24.3 Å². The summed E-state index contributed by atoms with van der Waals surface area (Å²) in [5.74, 6) is -0.572. The van der Waals surface area contributed by atoms with Crippen molar-refractivity contribution in [2.24, 2.45) is 5.92 Å². The van der Waals surface area contributed by atoms with Crippen molar-refractivity contribution in [1.82, 2.24) is 4.98 Å². The lowest BCUT2D eigenvalue weighted by molar-refractivity contribution is -0.254. The van der Waals surface area contributed by atoms with Gasteiger partial charge in [-0.3, -0.25) is 4.98 Å². The number of nitrogens with zero attached hydrogens (tertiary/aromatic N) is 1. The third-order valence-corrected chi connectivity index (χ3v) is 3.71. The van der Waals surface area contributed by atoms with Gasteiger partial charge >= 0.3 is 0 Å². The zero-order valence-corrected chi connectivity index (χ0v) is 10.3. The fraction of sp³-hybridized carbons (Fsp3) is 0.333. The Labute approximate surface area is 105 Å². The van der Waals surface area contributed by atoms with Crippen LogP contribution in [0.5, 0.6) is 0 Å². The maximum absolute atomic E-state index is 11.5. The van der Waals surface area contributed by atoms with Crippen LogP contribution in [-0.2, 0) is 12.8 Å². The first-order chi connectivity index (χ1) is 8.66. The van der Waals surface area contributed by atoms with Gasteiger partial charge in [0.25, 0.3) is 0 Å². The van der Waals surface area contributed by atoms with Gasteiger partial charge in [0, 0.05) is 16.6 Å². The summed E-state index contributed by atoms with van der Waals surface area (Å²) in [6.07, 6.45) is 2.73. The lowest BCUT2D eigenvalue weighted by Gasteiger charge is -2.25. The van der Waals surface area contributed by atoms with Crippen LogP contribution in [0.25, 0.3) is 10.9 Å². The molecule has 0 saturated carbocycles. The van der Waals surface area contributed by atoms with E-state index in [0.717, 1.165) is 36.0 Å². The smallest absolute Gasteiger partial charge is 0.0725 e. The molecule has 0 spiro atoms. The largest absolute Gasteiger partial charge is 0.545 e. The SMILES string of the molecule is C[C@@H]1CCc2nc3ccccc3c(C(=O)[O-])c2C1. The summed E-state index contributed by atoms with van der Waals surface area (Å²) in [5.41, 5.74) is 2.92. The number of fused-ring (bicyclic) bond motifs is 2. The van der Waals surface area contributed by atoms with E-state index in [1.807, 2.05) is 24.3 Å². The number of carbonyl (C=O) groups is 1. The molecule has 3 rings (SSSR count). The predicted molar refractivity (Wildman–Crippen MR) is 67.3 cm³/mol. The fourth-order valence-electron chi connectivity index (χ4n) is 2.80. The van der Waals surface area contributed by atoms with Crippen LogP contribution in [0, 0.1) is 5.92 Å². The molecule has 2 aromatic rings. The summed E-state index contributed by atoms with van der Waals surface area (Å²) in [7, 11) is 0. The van der Waals surface area contributed by atoms with Crippen molar-refractivity contribution in [3.8, 4) is 0 Å². The molecule has 1 atom stereocenters. The van der Waals surface area contributed by atoms with Gasteiger partial charge in [-0.2, -0.15) is 0 Å². The topological polar surface area (TPSA) is 53.0 Å². The van der Waals surface area contributed by atoms with Crippen molar-refractivity contribution in [3.63, 3.8) is 0 Å². The van der Waals surface area contributed by atoms with Gasteiger partial charge in [-0.15, -0.1) is 0 Å². The fourth-order valence-corrected chi connectivity index (χ4v) is 2.80. The van der Waals surface area contributed by atoms with E-state index in [-0.39, 0.29) is 0 Å². The van der Waals surface area contributed by atoms with E-state index in [2.05, 4.69) is 11.9 Å². The van der Waals surface area contributed by atoms with E-state index < -0.39 is 5.97 Å². The predicted octanol–water partition coefficient (Wildman–Crippen LogP) is 1.72. The Morgan fingerprint density at radius 1 is 1.39 bits per heavy atom. The van der Waals surface area contributed by atoms with Crippen LogP contribution >= 0.6 is 0 Å². The number of aromatic carboxylic acids is 1. The van der Waals surface area contributed by atoms with Crippen molar-refractivity contribution < 1.29 is 9.90 Å². The molecule has 0 N–H and O–H groups in total. The van der Waals surface area contributed by atoms with Crippen molar-refractivity contribution in [2.45, 2.75) is 26.2 Å². The lowest BCUT2D eigenvalue weighted by atomic mass is 9.84. The maximum atomic E-state index is 11.5. The van der Waals surface area contributed by atoms with Gasteiger partial charge in [-0.05, 0) is 36.8 Å². The third kappa shape index (κ3) is 1.67. The van der Waals surface area contributed by atoms with Gasteiger partial charge in [-0.25, -0.2) is 0 Å². The van der Waals surface area contributed by atoms with Crippen LogP contribution in [0.4, 0.5) is 0 Å². The average Bonchev–Trinajstić information content (AvgIpc) is 2.35. The number of carbonyl (C=O) groups excluding carboxylic acids is 1. The lowest BCUT2D eigenvalue weighted by Crippen LogP contribution is -2.27. The van der Waals surface area contributed by atoms with Gasteiger partial charge < -0.3 is 9.90 Å². The molecule has 3 nitrogen and oxygen atoms in total. The first-order valence-electron chi connectivity index (χ1n) is 6.28. The molecule has 0 unspecified atom stereocenters. The number of para-hydroxylation sites is 1. The molecule has 0 radical (unpaired) electrons. The summed E-state index contributed by atoms with van der Waals surface area (Å²) >= 11 is 0. The second kappa shape index (κ2) is 4.09. The first-order valence-corrected chi connectivity index (χ1v) is 6.28. The minimum atomic E-state index is -1.08. The molecule has 1 aromatic heterocycles. The molecule has 0 saturated heterocycles.